The number of anilines is 1. The summed E-state index contributed by atoms with van der Waals surface area (Å²) in [6.45, 7) is 7.00. The zero-order valence-corrected chi connectivity index (χ0v) is 12.5. The van der Waals surface area contributed by atoms with Gasteiger partial charge in [0.05, 0.1) is 5.60 Å². The van der Waals surface area contributed by atoms with E-state index in [-0.39, 0.29) is 5.41 Å². The van der Waals surface area contributed by atoms with Gasteiger partial charge < -0.3 is 10.0 Å². The molecule has 0 unspecified atom stereocenters. The van der Waals surface area contributed by atoms with Crippen molar-refractivity contribution in [3.05, 3.63) is 5.82 Å². The van der Waals surface area contributed by atoms with Crippen molar-refractivity contribution in [1.29, 1.82) is 0 Å². The first kappa shape index (κ1) is 13.7. The molecule has 1 fully saturated rings. The number of hydrogen-bond acceptors (Lipinski definition) is 5. The third-order valence-corrected chi connectivity index (χ3v) is 4.31. The molecule has 0 saturated heterocycles. The van der Waals surface area contributed by atoms with E-state index in [0.717, 1.165) is 36.6 Å². The Morgan fingerprint density at radius 3 is 2.44 bits per heavy atom. The molecule has 1 aliphatic carbocycles. The summed E-state index contributed by atoms with van der Waals surface area (Å²) in [6.07, 6.45) is 4.08. The maximum absolute atomic E-state index is 10.4. The van der Waals surface area contributed by atoms with E-state index in [1.54, 1.807) is 0 Å². The second kappa shape index (κ2) is 4.78. The second-order valence-electron chi connectivity index (χ2n) is 6.44. The fraction of sp³-hybridized carbons (Fsp3) is 0.846. The topological polar surface area (TPSA) is 49.2 Å². The van der Waals surface area contributed by atoms with E-state index in [0.29, 0.717) is 6.54 Å². The quantitative estimate of drug-likeness (QED) is 0.916. The average molecular weight is 269 g/mol. The molecule has 0 amide bonds. The summed E-state index contributed by atoms with van der Waals surface area (Å²) in [6, 6.07) is 0. The molecule has 1 saturated carbocycles. The number of nitrogens with zero attached hydrogens (tertiary/aromatic N) is 3. The summed E-state index contributed by atoms with van der Waals surface area (Å²) in [5.41, 5.74) is -0.540. The van der Waals surface area contributed by atoms with E-state index in [1.807, 2.05) is 11.9 Å². The van der Waals surface area contributed by atoms with Crippen LogP contribution in [0, 0.1) is 0 Å². The Balaban J connectivity index is 2.05. The van der Waals surface area contributed by atoms with Crippen LogP contribution in [0.1, 0.15) is 52.3 Å². The van der Waals surface area contributed by atoms with E-state index in [1.165, 1.54) is 11.5 Å². The highest BCUT2D eigenvalue weighted by Crippen LogP contribution is 2.32. The van der Waals surface area contributed by atoms with Crippen molar-refractivity contribution in [2.75, 3.05) is 18.5 Å². The van der Waals surface area contributed by atoms with Gasteiger partial charge in [0.25, 0.3) is 0 Å². The van der Waals surface area contributed by atoms with Crippen LogP contribution in [0.25, 0.3) is 0 Å². The lowest BCUT2D eigenvalue weighted by Gasteiger charge is -2.28. The number of aromatic nitrogens is 2. The zero-order valence-electron chi connectivity index (χ0n) is 11.7. The molecule has 18 heavy (non-hydrogen) atoms. The highest BCUT2D eigenvalue weighted by atomic mass is 32.1. The summed E-state index contributed by atoms with van der Waals surface area (Å²) in [5, 5.41) is 11.3. The Morgan fingerprint density at radius 1 is 1.33 bits per heavy atom. The van der Waals surface area contributed by atoms with Crippen molar-refractivity contribution in [2.24, 2.45) is 0 Å². The van der Waals surface area contributed by atoms with Gasteiger partial charge in [-0.3, -0.25) is 0 Å². The maximum atomic E-state index is 10.4. The molecule has 0 bridgehead atoms. The van der Waals surface area contributed by atoms with Crippen molar-refractivity contribution in [3.63, 3.8) is 0 Å². The molecule has 1 N–H and O–H groups in total. The molecule has 0 radical (unpaired) electrons. The first-order chi connectivity index (χ1) is 8.30. The molecule has 1 heterocycles. The molecule has 0 aliphatic heterocycles. The summed E-state index contributed by atoms with van der Waals surface area (Å²) in [4.78, 5) is 6.62. The third kappa shape index (κ3) is 3.01. The van der Waals surface area contributed by atoms with Crippen LogP contribution in [0.3, 0.4) is 0 Å². The SMILES string of the molecule is CN(CC1(O)CCCC1)c1nc(C(C)(C)C)ns1. The highest BCUT2D eigenvalue weighted by molar-refractivity contribution is 7.09. The Morgan fingerprint density at radius 2 is 1.94 bits per heavy atom. The molecule has 1 aromatic heterocycles. The fourth-order valence-electron chi connectivity index (χ4n) is 2.38. The average Bonchev–Trinajstić information content (AvgIpc) is 2.84. The largest absolute Gasteiger partial charge is 0.388 e. The van der Waals surface area contributed by atoms with Crippen LogP contribution in [0.5, 0.6) is 0 Å². The van der Waals surface area contributed by atoms with Gasteiger partial charge in [0.1, 0.15) is 5.82 Å². The second-order valence-corrected chi connectivity index (χ2v) is 7.17. The van der Waals surface area contributed by atoms with Gasteiger partial charge in [0, 0.05) is 30.5 Å². The molecular formula is C13H23N3OS. The van der Waals surface area contributed by atoms with Gasteiger partial charge in [-0.25, -0.2) is 4.98 Å². The monoisotopic (exact) mass is 269 g/mol. The van der Waals surface area contributed by atoms with Crippen molar-refractivity contribution >= 4 is 16.7 Å². The number of hydrogen-bond donors (Lipinski definition) is 1. The molecule has 0 atom stereocenters. The van der Waals surface area contributed by atoms with Crippen LogP contribution < -0.4 is 4.90 Å². The molecule has 1 aliphatic rings. The first-order valence-electron chi connectivity index (χ1n) is 6.58. The van der Waals surface area contributed by atoms with Crippen LogP contribution >= 0.6 is 11.5 Å². The maximum Gasteiger partial charge on any atom is 0.205 e. The lowest BCUT2D eigenvalue weighted by Crippen LogP contribution is -2.39. The van der Waals surface area contributed by atoms with Gasteiger partial charge in [0.2, 0.25) is 5.13 Å². The molecule has 0 spiro atoms. The van der Waals surface area contributed by atoms with E-state index in [9.17, 15) is 5.11 Å². The van der Waals surface area contributed by atoms with Crippen LogP contribution in [0.15, 0.2) is 0 Å². The molecule has 5 heteroatoms. The minimum Gasteiger partial charge on any atom is -0.388 e. The van der Waals surface area contributed by atoms with Crippen molar-refractivity contribution in [3.8, 4) is 0 Å². The van der Waals surface area contributed by atoms with Crippen molar-refractivity contribution in [1.82, 2.24) is 9.36 Å². The molecule has 0 aromatic carbocycles. The predicted octanol–water partition coefficient (Wildman–Crippen LogP) is 2.58. The number of likely N-dealkylation sites (N-methyl/N-ethyl adjacent to an activating group) is 1. The number of aliphatic hydroxyl groups is 1. The fourth-order valence-corrected chi connectivity index (χ4v) is 3.19. The predicted molar refractivity (Wildman–Crippen MR) is 75.3 cm³/mol. The third-order valence-electron chi connectivity index (χ3n) is 3.48. The lowest BCUT2D eigenvalue weighted by molar-refractivity contribution is 0.0559. The molecule has 102 valence electrons. The van der Waals surface area contributed by atoms with Crippen LogP contribution in [-0.4, -0.2) is 33.7 Å². The lowest BCUT2D eigenvalue weighted by atomic mass is 9.96. The number of rotatable bonds is 3. The summed E-state index contributed by atoms with van der Waals surface area (Å²) >= 11 is 1.42. The minimum absolute atomic E-state index is 0.0140. The Kier molecular flexibility index (Phi) is 3.65. The molecular weight excluding hydrogens is 246 g/mol. The Hall–Kier alpha value is -0.680. The first-order valence-corrected chi connectivity index (χ1v) is 7.35. The van der Waals surface area contributed by atoms with Gasteiger partial charge in [-0.1, -0.05) is 33.6 Å². The highest BCUT2D eigenvalue weighted by Gasteiger charge is 2.33. The summed E-state index contributed by atoms with van der Waals surface area (Å²) in [7, 11) is 1.99. The van der Waals surface area contributed by atoms with E-state index < -0.39 is 5.60 Å². The normalized spacial score (nSPS) is 19.2. The standard InChI is InChI=1S/C13H23N3OS/c1-12(2,3)10-14-11(18-15-10)16(4)9-13(17)7-5-6-8-13/h17H,5-9H2,1-4H3. The van der Waals surface area contributed by atoms with Crippen LogP contribution in [-0.2, 0) is 5.41 Å². The smallest absolute Gasteiger partial charge is 0.205 e. The van der Waals surface area contributed by atoms with Gasteiger partial charge >= 0.3 is 0 Å². The van der Waals surface area contributed by atoms with Gasteiger partial charge in [-0.2, -0.15) is 4.37 Å². The Labute approximate surface area is 113 Å². The molecule has 1 aromatic rings. The van der Waals surface area contributed by atoms with Crippen LogP contribution in [0.2, 0.25) is 0 Å². The zero-order chi connectivity index (χ0) is 13.4. The van der Waals surface area contributed by atoms with Gasteiger partial charge in [-0.15, -0.1) is 0 Å². The van der Waals surface area contributed by atoms with Gasteiger partial charge in [0.15, 0.2) is 0 Å². The summed E-state index contributed by atoms with van der Waals surface area (Å²) < 4.78 is 4.41. The van der Waals surface area contributed by atoms with E-state index >= 15 is 0 Å². The van der Waals surface area contributed by atoms with Crippen molar-refractivity contribution < 1.29 is 5.11 Å². The van der Waals surface area contributed by atoms with Crippen LogP contribution in [0.4, 0.5) is 5.13 Å². The summed E-state index contributed by atoms with van der Waals surface area (Å²) in [5.74, 6) is 0.882. The van der Waals surface area contributed by atoms with Gasteiger partial charge in [-0.05, 0) is 12.8 Å². The molecule has 2 rings (SSSR count). The minimum atomic E-state index is -0.525. The van der Waals surface area contributed by atoms with Crippen molar-refractivity contribution in [2.45, 2.75) is 57.5 Å². The molecule has 4 nitrogen and oxygen atoms in total. The van der Waals surface area contributed by atoms with E-state index in [2.05, 4.69) is 30.1 Å². The Bertz CT molecular complexity index is 405. The van der Waals surface area contributed by atoms with E-state index in [4.69, 9.17) is 0 Å².